The molecule has 1 aliphatic rings. The number of imide groups is 1. The van der Waals surface area contributed by atoms with Gasteiger partial charge in [-0.05, 0) is 47.2 Å². The fourth-order valence-electron chi connectivity index (χ4n) is 2.37. The van der Waals surface area contributed by atoms with Crippen LogP contribution in [0.25, 0.3) is 6.08 Å². The lowest BCUT2D eigenvalue weighted by Gasteiger charge is -2.13. The van der Waals surface area contributed by atoms with Gasteiger partial charge in [-0.2, -0.15) is 0 Å². The summed E-state index contributed by atoms with van der Waals surface area (Å²) in [4.78, 5) is 26.2. The highest BCUT2D eigenvalue weighted by Crippen LogP contribution is 2.35. The molecule has 2 amide bonds. The van der Waals surface area contributed by atoms with Gasteiger partial charge >= 0.3 is 0 Å². The zero-order valence-electron chi connectivity index (χ0n) is 13.2. The summed E-state index contributed by atoms with van der Waals surface area (Å²) in [6, 6.07) is 11.8. The largest absolute Gasteiger partial charge is 0.504 e. The second-order valence-corrected chi connectivity index (χ2v) is 6.69. The Bertz CT molecular complexity index is 881. The molecule has 1 heterocycles. The number of benzene rings is 2. The number of hydrogen-bond donors (Lipinski definition) is 1. The standard InChI is InChI=1S/C18H14ClNO4S/c1-24-15-8-11(6-7-14(15)21)9-16-17(22)20(18(23)25-16)10-12-4-2-3-5-13(12)19/h2-9,21H,10H2,1H3/b16-9-. The van der Waals surface area contributed by atoms with Crippen LogP contribution >= 0.6 is 23.4 Å². The molecule has 0 saturated carbocycles. The van der Waals surface area contributed by atoms with Crippen LogP contribution in [-0.4, -0.2) is 28.3 Å². The number of nitrogens with zero attached hydrogens (tertiary/aromatic N) is 1. The maximum atomic E-state index is 12.5. The van der Waals surface area contributed by atoms with Crippen LogP contribution in [0.5, 0.6) is 11.5 Å². The SMILES string of the molecule is COc1cc(/C=C2\SC(=O)N(Cc3ccccc3Cl)C2=O)ccc1O. The maximum absolute atomic E-state index is 12.5. The number of rotatable bonds is 4. The van der Waals surface area contributed by atoms with Gasteiger partial charge in [0.2, 0.25) is 0 Å². The minimum absolute atomic E-state index is 0.00599. The van der Waals surface area contributed by atoms with E-state index in [1.54, 1.807) is 42.5 Å². The Balaban J connectivity index is 1.85. The maximum Gasteiger partial charge on any atom is 0.293 e. The Morgan fingerprint density at radius 2 is 2.00 bits per heavy atom. The van der Waals surface area contributed by atoms with E-state index in [1.165, 1.54) is 13.2 Å². The van der Waals surface area contributed by atoms with E-state index in [9.17, 15) is 14.7 Å². The molecular formula is C18H14ClNO4S. The number of hydrogen-bond acceptors (Lipinski definition) is 5. The van der Waals surface area contributed by atoms with Crippen molar-refractivity contribution in [2.75, 3.05) is 7.11 Å². The molecule has 2 aromatic rings. The molecule has 0 spiro atoms. The normalized spacial score (nSPS) is 15.9. The predicted molar refractivity (Wildman–Crippen MR) is 97.6 cm³/mol. The summed E-state index contributed by atoms with van der Waals surface area (Å²) in [6.07, 6.45) is 1.60. The molecule has 0 atom stereocenters. The molecule has 0 aromatic heterocycles. The molecule has 0 radical (unpaired) electrons. The smallest absolute Gasteiger partial charge is 0.293 e. The number of phenols is 1. The Kier molecular flexibility index (Phi) is 5.01. The summed E-state index contributed by atoms with van der Waals surface area (Å²) in [5, 5.41) is 9.79. The topological polar surface area (TPSA) is 66.8 Å². The number of carbonyl (C=O) groups is 2. The number of ether oxygens (including phenoxy) is 1. The number of aromatic hydroxyl groups is 1. The van der Waals surface area contributed by atoms with E-state index < -0.39 is 0 Å². The van der Waals surface area contributed by atoms with E-state index in [2.05, 4.69) is 0 Å². The number of amides is 2. The highest BCUT2D eigenvalue weighted by molar-refractivity contribution is 8.18. The van der Waals surface area contributed by atoms with Crippen molar-refractivity contribution in [1.82, 2.24) is 4.90 Å². The average Bonchev–Trinajstić information content (AvgIpc) is 2.86. The molecule has 1 N–H and O–H groups in total. The molecule has 0 unspecified atom stereocenters. The van der Waals surface area contributed by atoms with Crippen molar-refractivity contribution in [3.63, 3.8) is 0 Å². The van der Waals surface area contributed by atoms with Gasteiger partial charge in [0.15, 0.2) is 11.5 Å². The molecule has 1 saturated heterocycles. The molecule has 5 nitrogen and oxygen atoms in total. The van der Waals surface area contributed by atoms with E-state index in [0.29, 0.717) is 26.8 Å². The van der Waals surface area contributed by atoms with Gasteiger partial charge in [0.05, 0.1) is 18.6 Å². The van der Waals surface area contributed by atoms with Crippen LogP contribution in [0.2, 0.25) is 5.02 Å². The van der Waals surface area contributed by atoms with E-state index in [1.807, 2.05) is 0 Å². The van der Waals surface area contributed by atoms with Crippen molar-refractivity contribution in [2.45, 2.75) is 6.54 Å². The lowest BCUT2D eigenvalue weighted by Crippen LogP contribution is -2.27. The van der Waals surface area contributed by atoms with Gasteiger partial charge in [0.25, 0.3) is 11.1 Å². The van der Waals surface area contributed by atoms with Crippen molar-refractivity contribution in [2.24, 2.45) is 0 Å². The third-order valence-electron chi connectivity index (χ3n) is 3.66. The van der Waals surface area contributed by atoms with Crippen LogP contribution in [0.3, 0.4) is 0 Å². The second kappa shape index (κ2) is 7.21. The minimum Gasteiger partial charge on any atom is -0.504 e. The summed E-state index contributed by atoms with van der Waals surface area (Å²) < 4.78 is 5.05. The van der Waals surface area contributed by atoms with Crippen molar-refractivity contribution >= 4 is 40.6 Å². The third kappa shape index (κ3) is 3.65. The zero-order valence-corrected chi connectivity index (χ0v) is 14.8. The van der Waals surface area contributed by atoms with Crippen molar-refractivity contribution in [3.05, 3.63) is 63.5 Å². The summed E-state index contributed by atoms with van der Waals surface area (Å²) in [7, 11) is 1.44. The van der Waals surface area contributed by atoms with E-state index >= 15 is 0 Å². The summed E-state index contributed by atoms with van der Waals surface area (Å²) in [6.45, 7) is 0.126. The second-order valence-electron chi connectivity index (χ2n) is 5.29. The van der Waals surface area contributed by atoms with Crippen LogP contribution in [0.15, 0.2) is 47.4 Å². The van der Waals surface area contributed by atoms with Gasteiger partial charge in [0.1, 0.15) is 0 Å². The predicted octanol–water partition coefficient (Wildman–Crippen LogP) is 4.29. The Morgan fingerprint density at radius 3 is 2.72 bits per heavy atom. The molecule has 3 rings (SSSR count). The van der Waals surface area contributed by atoms with Crippen molar-refractivity contribution < 1.29 is 19.4 Å². The van der Waals surface area contributed by atoms with Crippen molar-refractivity contribution in [3.8, 4) is 11.5 Å². The highest BCUT2D eigenvalue weighted by atomic mass is 35.5. The molecule has 1 fully saturated rings. The quantitative estimate of drug-likeness (QED) is 0.807. The van der Waals surface area contributed by atoms with Gasteiger partial charge in [-0.25, -0.2) is 0 Å². The van der Waals surface area contributed by atoms with Crippen molar-refractivity contribution in [1.29, 1.82) is 0 Å². The number of phenolic OH excluding ortho intramolecular Hbond substituents is 1. The van der Waals surface area contributed by atoms with Gasteiger partial charge < -0.3 is 9.84 Å². The zero-order chi connectivity index (χ0) is 18.0. The van der Waals surface area contributed by atoms with Crippen LogP contribution in [0.4, 0.5) is 4.79 Å². The number of halogens is 1. The van der Waals surface area contributed by atoms with Crippen LogP contribution in [0, 0.1) is 0 Å². The molecule has 0 bridgehead atoms. The first-order valence-electron chi connectivity index (χ1n) is 7.35. The molecule has 0 aliphatic carbocycles. The average molecular weight is 376 g/mol. The highest BCUT2D eigenvalue weighted by Gasteiger charge is 2.35. The lowest BCUT2D eigenvalue weighted by molar-refractivity contribution is -0.123. The fourth-order valence-corrected chi connectivity index (χ4v) is 3.40. The molecular weight excluding hydrogens is 362 g/mol. The number of carbonyl (C=O) groups excluding carboxylic acids is 2. The monoisotopic (exact) mass is 375 g/mol. The first-order valence-corrected chi connectivity index (χ1v) is 8.55. The molecule has 2 aromatic carbocycles. The summed E-state index contributed by atoms with van der Waals surface area (Å²) in [5.74, 6) is -0.0718. The Labute approximate surface area is 153 Å². The van der Waals surface area contributed by atoms with E-state index in [0.717, 1.165) is 16.7 Å². The number of methoxy groups -OCH3 is 1. The van der Waals surface area contributed by atoms with Gasteiger partial charge in [0, 0.05) is 5.02 Å². The molecule has 7 heteroatoms. The molecule has 1 aliphatic heterocycles. The van der Waals surface area contributed by atoms with Gasteiger partial charge in [-0.1, -0.05) is 35.9 Å². The summed E-state index contributed by atoms with van der Waals surface area (Å²) in [5.41, 5.74) is 1.36. The van der Waals surface area contributed by atoms with Crippen LogP contribution in [-0.2, 0) is 11.3 Å². The first-order chi connectivity index (χ1) is 12.0. The molecule has 25 heavy (non-hydrogen) atoms. The van der Waals surface area contributed by atoms with Crippen LogP contribution in [0.1, 0.15) is 11.1 Å². The molecule has 128 valence electrons. The Hall–Kier alpha value is -2.44. The first kappa shape index (κ1) is 17.4. The minimum atomic E-state index is -0.373. The van der Waals surface area contributed by atoms with E-state index in [-0.39, 0.29) is 23.4 Å². The third-order valence-corrected chi connectivity index (χ3v) is 4.94. The summed E-state index contributed by atoms with van der Waals surface area (Å²) >= 11 is 6.98. The number of thioether (sulfide) groups is 1. The lowest BCUT2D eigenvalue weighted by atomic mass is 10.1. The van der Waals surface area contributed by atoms with Gasteiger partial charge in [-0.15, -0.1) is 0 Å². The Morgan fingerprint density at radius 1 is 1.24 bits per heavy atom. The van der Waals surface area contributed by atoms with Crippen LogP contribution < -0.4 is 4.74 Å². The van der Waals surface area contributed by atoms with E-state index in [4.69, 9.17) is 16.3 Å². The van der Waals surface area contributed by atoms with Gasteiger partial charge in [-0.3, -0.25) is 14.5 Å². The fraction of sp³-hybridized carbons (Fsp3) is 0.111.